The molecule has 0 fully saturated rings. The van der Waals surface area contributed by atoms with Crippen LogP contribution in [-0.4, -0.2) is 50.6 Å². The summed E-state index contributed by atoms with van der Waals surface area (Å²) in [6, 6.07) is 3.49. The predicted octanol–water partition coefficient (Wildman–Crippen LogP) is 0.974. The number of hydrogen-bond donors (Lipinski definition) is 1. The maximum absolute atomic E-state index is 11.3. The first-order valence-electron chi connectivity index (χ1n) is 6.51. The smallest absolute Gasteiger partial charge is 0.345 e. The van der Waals surface area contributed by atoms with Crippen LogP contribution in [0.25, 0.3) is 10.9 Å². The average Bonchev–Trinajstić information content (AvgIpc) is 2.48. The molecule has 1 N–H and O–H groups in total. The zero-order valence-corrected chi connectivity index (χ0v) is 12.0. The SMILES string of the molecule is COCCOc1cc2cnc(=O)[nH]c2cc1OCCOC. The van der Waals surface area contributed by atoms with E-state index >= 15 is 0 Å². The van der Waals surface area contributed by atoms with Crippen molar-refractivity contribution in [3.05, 3.63) is 28.8 Å². The van der Waals surface area contributed by atoms with Gasteiger partial charge in [0.25, 0.3) is 0 Å². The average molecular weight is 294 g/mol. The van der Waals surface area contributed by atoms with Crippen LogP contribution in [0.1, 0.15) is 0 Å². The first kappa shape index (κ1) is 15.3. The Kier molecular flexibility index (Phi) is 5.53. The molecule has 1 aromatic carbocycles. The molecule has 0 saturated heterocycles. The van der Waals surface area contributed by atoms with Gasteiger partial charge >= 0.3 is 5.69 Å². The molecule has 1 heterocycles. The summed E-state index contributed by atoms with van der Waals surface area (Å²) in [4.78, 5) is 17.6. The van der Waals surface area contributed by atoms with E-state index in [0.717, 1.165) is 5.39 Å². The number of benzene rings is 1. The molecule has 0 unspecified atom stereocenters. The standard InChI is InChI=1S/C14H18N2O5/c1-18-3-5-20-12-7-10-9-15-14(17)16-11(10)8-13(12)21-6-4-19-2/h7-9H,3-6H2,1-2H3,(H,15,16,17). The number of rotatable bonds is 8. The van der Waals surface area contributed by atoms with Gasteiger partial charge in [-0.3, -0.25) is 0 Å². The van der Waals surface area contributed by atoms with Gasteiger partial charge in [-0.25, -0.2) is 9.78 Å². The van der Waals surface area contributed by atoms with Crippen molar-refractivity contribution in [3.8, 4) is 11.5 Å². The van der Waals surface area contributed by atoms with Crippen LogP contribution in [0.15, 0.2) is 23.1 Å². The van der Waals surface area contributed by atoms with Gasteiger partial charge in [0.1, 0.15) is 13.2 Å². The van der Waals surface area contributed by atoms with Crippen LogP contribution in [0.2, 0.25) is 0 Å². The highest BCUT2D eigenvalue weighted by Gasteiger charge is 2.09. The minimum Gasteiger partial charge on any atom is -0.487 e. The van der Waals surface area contributed by atoms with Crippen molar-refractivity contribution in [3.63, 3.8) is 0 Å². The summed E-state index contributed by atoms with van der Waals surface area (Å²) in [5, 5.41) is 0.765. The number of nitrogens with zero attached hydrogens (tertiary/aromatic N) is 1. The molecule has 21 heavy (non-hydrogen) atoms. The first-order chi connectivity index (χ1) is 10.2. The topological polar surface area (TPSA) is 82.7 Å². The third-order valence-electron chi connectivity index (χ3n) is 2.77. The second-order valence-electron chi connectivity index (χ2n) is 4.26. The van der Waals surface area contributed by atoms with Crippen molar-refractivity contribution in [2.45, 2.75) is 0 Å². The van der Waals surface area contributed by atoms with E-state index in [2.05, 4.69) is 9.97 Å². The number of aromatic nitrogens is 2. The third-order valence-corrected chi connectivity index (χ3v) is 2.77. The van der Waals surface area contributed by atoms with Crippen molar-refractivity contribution < 1.29 is 18.9 Å². The second-order valence-corrected chi connectivity index (χ2v) is 4.26. The van der Waals surface area contributed by atoms with Gasteiger partial charge in [-0.05, 0) is 6.07 Å². The number of H-pyrrole nitrogens is 1. The Labute approximate surface area is 121 Å². The summed E-state index contributed by atoms with van der Waals surface area (Å²) in [7, 11) is 3.21. The largest absolute Gasteiger partial charge is 0.487 e. The fourth-order valence-corrected chi connectivity index (χ4v) is 1.76. The lowest BCUT2D eigenvalue weighted by molar-refractivity contribution is 0.132. The van der Waals surface area contributed by atoms with E-state index in [-0.39, 0.29) is 0 Å². The van der Waals surface area contributed by atoms with Gasteiger partial charge in [0.2, 0.25) is 0 Å². The van der Waals surface area contributed by atoms with Crippen LogP contribution in [-0.2, 0) is 9.47 Å². The Bertz CT molecular complexity index is 641. The van der Waals surface area contributed by atoms with E-state index in [4.69, 9.17) is 18.9 Å². The van der Waals surface area contributed by atoms with Crippen molar-refractivity contribution in [2.75, 3.05) is 40.6 Å². The highest BCUT2D eigenvalue weighted by atomic mass is 16.5. The maximum atomic E-state index is 11.3. The predicted molar refractivity (Wildman–Crippen MR) is 77.1 cm³/mol. The van der Waals surface area contributed by atoms with Crippen LogP contribution in [0, 0.1) is 0 Å². The zero-order valence-electron chi connectivity index (χ0n) is 12.0. The molecule has 0 amide bonds. The molecule has 0 aliphatic carbocycles. The summed E-state index contributed by atoms with van der Waals surface area (Å²) in [6.07, 6.45) is 1.50. The van der Waals surface area contributed by atoms with Gasteiger partial charge in [-0.2, -0.15) is 0 Å². The molecule has 0 aliphatic heterocycles. The molecule has 7 heteroatoms. The molecular weight excluding hydrogens is 276 g/mol. The zero-order chi connectivity index (χ0) is 15.1. The first-order valence-corrected chi connectivity index (χ1v) is 6.51. The number of nitrogens with one attached hydrogen (secondary N) is 1. The summed E-state index contributed by atoms with van der Waals surface area (Å²) < 4.78 is 21.2. The highest BCUT2D eigenvalue weighted by molar-refractivity contribution is 5.81. The molecule has 1 aromatic heterocycles. The van der Waals surface area contributed by atoms with Gasteiger partial charge in [0.05, 0.1) is 18.7 Å². The Hall–Kier alpha value is -2.12. The minimum absolute atomic E-state index is 0.387. The summed E-state index contributed by atoms with van der Waals surface area (Å²) in [6.45, 7) is 1.72. The van der Waals surface area contributed by atoms with Crippen LogP contribution in [0.5, 0.6) is 11.5 Å². The maximum Gasteiger partial charge on any atom is 0.345 e. The molecule has 0 saturated carbocycles. The number of ether oxygens (including phenoxy) is 4. The van der Waals surface area contributed by atoms with E-state index in [9.17, 15) is 4.79 Å². The number of aromatic amines is 1. The lowest BCUT2D eigenvalue weighted by Crippen LogP contribution is -2.11. The minimum atomic E-state index is -0.404. The summed E-state index contributed by atoms with van der Waals surface area (Å²) in [5.74, 6) is 1.11. The van der Waals surface area contributed by atoms with E-state index in [1.165, 1.54) is 6.20 Å². The summed E-state index contributed by atoms with van der Waals surface area (Å²) >= 11 is 0. The molecule has 7 nitrogen and oxygen atoms in total. The quantitative estimate of drug-likeness (QED) is 0.731. The van der Waals surface area contributed by atoms with Crippen LogP contribution in [0.4, 0.5) is 0 Å². The molecule has 0 bridgehead atoms. The van der Waals surface area contributed by atoms with Crippen LogP contribution < -0.4 is 15.2 Å². The van der Waals surface area contributed by atoms with Crippen molar-refractivity contribution in [2.24, 2.45) is 0 Å². The molecule has 2 aromatic rings. The van der Waals surface area contributed by atoms with Crippen LogP contribution >= 0.6 is 0 Å². The molecule has 0 spiro atoms. The Morgan fingerprint density at radius 2 is 1.62 bits per heavy atom. The van der Waals surface area contributed by atoms with Gasteiger partial charge in [-0.1, -0.05) is 0 Å². The van der Waals surface area contributed by atoms with Gasteiger partial charge in [0.15, 0.2) is 11.5 Å². The van der Waals surface area contributed by atoms with Crippen molar-refractivity contribution >= 4 is 10.9 Å². The molecular formula is C14H18N2O5. The lowest BCUT2D eigenvalue weighted by atomic mass is 10.2. The third kappa shape index (κ3) is 4.17. The van der Waals surface area contributed by atoms with Crippen LogP contribution in [0.3, 0.4) is 0 Å². The summed E-state index contributed by atoms with van der Waals surface area (Å²) in [5.41, 5.74) is 0.236. The van der Waals surface area contributed by atoms with Gasteiger partial charge < -0.3 is 23.9 Å². The lowest BCUT2D eigenvalue weighted by Gasteiger charge is -2.13. The number of methoxy groups -OCH3 is 2. The van der Waals surface area contributed by atoms with E-state index < -0.39 is 5.69 Å². The van der Waals surface area contributed by atoms with Gasteiger partial charge in [-0.15, -0.1) is 0 Å². The molecule has 2 rings (SSSR count). The highest BCUT2D eigenvalue weighted by Crippen LogP contribution is 2.31. The molecule has 0 atom stereocenters. The van der Waals surface area contributed by atoms with E-state index in [0.29, 0.717) is 43.4 Å². The van der Waals surface area contributed by atoms with Crippen molar-refractivity contribution in [1.82, 2.24) is 9.97 Å². The Balaban J connectivity index is 2.29. The normalized spacial score (nSPS) is 10.8. The Morgan fingerprint density at radius 1 is 1.00 bits per heavy atom. The van der Waals surface area contributed by atoms with E-state index in [1.807, 2.05) is 0 Å². The second kappa shape index (κ2) is 7.61. The fourth-order valence-electron chi connectivity index (χ4n) is 1.76. The monoisotopic (exact) mass is 294 g/mol. The molecule has 114 valence electrons. The van der Waals surface area contributed by atoms with Crippen molar-refractivity contribution in [1.29, 1.82) is 0 Å². The number of fused-ring (bicyclic) bond motifs is 1. The van der Waals surface area contributed by atoms with E-state index in [1.54, 1.807) is 26.4 Å². The fraction of sp³-hybridized carbons (Fsp3) is 0.429. The number of hydrogen-bond acceptors (Lipinski definition) is 6. The molecule has 0 aliphatic rings. The molecule has 0 radical (unpaired) electrons. The Morgan fingerprint density at radius 3 is 2.24 bits per heavy atom. The van der Waals surface area contributed by atoms with Gasteiger partial charge in [0, 0.05) is 31.9 Å².